The molecule has 0 bridgehead atoms. The van der Waals surface area contributed by atoms with Crippen LogP contribution < -0.4 is 153 Å². The largest absolute Gasteiger partial charge is 0.457 e. The molecule has 8 aromatic carbocycles. The summed E-state index contributed by atoms with van der Waals surface area (Å²) in [7, 11) is 192. The number of nitrogens with zero attached hydrogens (tertiary/aromatic N) is 2. The molecule has 12 aromatic rings. The van der Waals surface area contributed by atoms with Crippen molar-refractivity contribution in [3.63, 3.8) is 0 Å². The van der Waals surface area contributed by atoms with Gasteiger partial charge >= 0.3 is 0 Å². The number of hydrogen-bond donors (Lipinski definition) is 0. The van der Waals surface area contributed by atoms with Crippen LogP contribution in [-0.4, -0.2) is 229 Å². The van der Waals surface area contributed by atoms with Crippen LogP contribution in [-0.2, 0) is 0 Å². The van der Waals surface area contributed by atoms with Crippen molar-refractivity contribution in [1.82, 2.24) is 9.13 Å². The van der Waals surface area contributed by atoms with E-state index in [4.69, 9.17) is 229 Å². The zero-order valence-electron chi connectivity index (χ0n) is 41.9. The fourth-order valence-electron chi connectivity index (χ4n) is 11.5. The Labute approximate surface area is 497 Å². The summed E-state index contributed by atoms with van der Waals surface area (Å²) in [6.45, 7) is 0. The van der Waals surface area contributed by atoms with Crippen LogP contribution in [0.4, 0.5) is 0 Å². The first kappa shape index (κ1) is 55.3. The molecule has 0 spiro atoms. The highest BCUT2D eigenvalue weighted by atomic mass is 16.3. The van der Waals surface area contributed by atoms with Gasteiger partial charge in [-0.3, -0.25) is 0 Å². The van der Waals surface area contributed by atoms with Gasteiger partial charge in [-0.15, -0.1) is 65.6 Å². The standard InChI is InChI=1S/C48B28N2O2/c49-11-1(2-6-8-14(52)17(55)25(63)36(74)46(8)79-45(6)35(73)20(58)12(2)50)3-4-5-7-13(51)16(54)22(60)29(67)42(7)78(44-31(69)23(61)21(59)24(62)32(44)70)41(5)34(72)33(71)40(4)77(39(3)28(66)19(11)57)43-10-9-15(53)18(56)26(64)37(75)47(9)80-48(10)38(76)27(65)30(43)68. The van der Waals surface area contributed by atoms with Gasteiger partial charge in [0.25, 0.3) is 0 Å². The Kier molecular flexibility index (Phi) is 12.5. The Balaban J connectivity index is 1.51. The van der Waals surface area contributed by atoms with Gasteiger partial charge in [0.15, 0.2) is 0 Å². The van der Waals surface area contributed by atoms with Crippen LogP contribution in [0.15, 0.2) is 8.83 Å². The number of benzene rings is 8. The van der Waals surface area contributed by atoms with E-state index in [1.807, 2.05) is 0 Å². The van der Waals surface area contributed by atoms with Crippen LogP contribution in [0, 0.1) is 0 Å². The maximum absolute atomic E-state index is 7.56. The van der Waals surface area contributed by atoms with Crippen LogP contribution >= 0.6 is 0 Å². The van der Waals surface area contributed by atoms with Gasteiger partial charge in [-0.25, -0.2) is 0 Å². The molecule has 4 heterocycles. The zero-order chi connectivity index (χ0) is 58.3. The highest BCUT2D eigenvalue weighted by molar-refractivity contribution is 6.75. The maximum Gasteiger partial charge on any atom is 0.129 e. The molecule has 298 valence electrons. The SMILES string of the molecule is [B]c1c([B])c([B])c(-n2c3c([B])c([B])c([B])c([B])c3c3c4c5c(-c6c([B])c([B])c([B])c7oc8c([B])c([B])c([B])c([B])c8c67)c([B])c([B])c([B])c5n(-c5c([B])c([B])c([B])c6oc7c([B])c([B])c([B])c([B])c7c56)c4c([B])c([B])c32)c([B])c1[B]. The maximum atomic E-state index is 7.56. The monoisotopic (exact) mass is 944 g/mol. The van der Waals surface area contributed by atoms with Crippen molar-refractivity contribution < 1.29 is 8.83 Å². The van der Waals surface area contributed by atoms with Crippen molar-refractivity contribution >= 4 is 460 Å². The number of rotatable bonds is 3. The summed E-state index contributed by atoms with van der Waals surface area (Å²) in [5.74, 6) is 0. The number of aromatic nitrogens is 2. The van der Waals surface area contributed by atoms with E-state index >= 15 is 0 Å². The van der Waals surface area contributed by atoms with E-state index in [9.17, 15) is 0 Å². The fourth-order valence-corrected chi connectivity index (χ4v) is 11.5. The molecule has 56 radical (unpaired) electrons. The van der Waals surface area contributed by atoms with Crippen LogP contribution in [0.25, 0.3) is 110 Å². The van der Waals surface area contributed by atoms with E-state index in [0.717, 1.165) is 0 Å². The molecular weight excluding hydrogens is 939 g/mol. The van der Waals surface area contributed by atoms with Gasteiger partial charge in [-0.2, -0.15) is 0 Å². The normalized spacial score (nSPS) is 12.2. The average Bonchev–Trinajstić information content (AvgIpc) is 3.11. The first-order valence-corrected chi connectivity index (χ1v) is 23.5. The van der Waals surface area contributed by atoms with Crippen molar-refractivity contribution in [2.75, 3.05) is 0 Å². The Morgan fingerprint density at radius 1 is 0.163 bits per heavy atom. The lowest BCUT2D eigenvalue weighted by molar-refractivity contribution is 0.674. The molecule has 0 saturated heterocycles. The van der Waals surface area contributed by atoms with Gasteiger partial charge in [0.2, 0.25) is 0 Å². The molecule has 0 fully saturated rings. The van der Waals surface area contributed by atoms with Gasteiger partial charge in [0.1, 0.15) is 242 Å². The minimum Gasteiger partial charge on any atom is -0.457 e. The molecule has 0 N–H and O–H groups in total. The summed E-state index contributed by atoms with van der Waals surface area (Å²) in [5, 5.41) is 0.403. The molecule has 0 aliphatic heterocycles. The van der Waals surface area contributed by atoms with Crippen LogP contribution in [0.5, 0.6) is 0 Å². The summed E-state index contributed by atoms with van der Waals surface area (Å²) < 4.78 is 15.8. The number of fused-ring (bicyclic) bond motifs is 13. The van der Waals surface area contributed by atoms with Crippen molar-refractivity contribution in [2.45, 2.75) is 0 Å². The summed E-state index contributed by atoms with van der Waals surface area (Å²) >= 11 is 0. The van der Waals surface area contributed by atoms with Gasteiger partial charge in [-0.05, 0) is 11.1 Å². The van der Waals surface area contributed by atoms with Crippen LogP contribution in [0.1, 0.15) is 0 Å². The van der Waals surface area contributed by atoms with Crippen LogP contribution in [0.3, 0.4) is 0 Å². The Bertz CT molecular complexity index is 5020. The minimum atomic E-state index is -0.265. The summed E-state index contributed by atoms with van der Waals surface area (Å²) in [5.41, 5.74) is -5.64. The molecule has 0 amide bonds. The molecule has 0 aliphatic carbocycles. The van der Waals surface area contributed by atoms with E-state index < -0.39 is 0 Å². The smallest absolute Gasteiger partial charge is 0.129 e. The van der Waals surface area contributed by atoms with E-state index in [2.05, 4.69) is 0 Å². The van der Waals surface area contributed by atoms with E-state index in [1.54, 1.807) is 0 Å². The predicted molar refractivity (Wildman–Crippen MR) is 366 cm³/mol. The molecule has 4 aromatic heterocycles. The number of hydrogen-bond acceptors (Lipinski definition) is 2. The molecular formula is C48B28N2O2. The Morgan fingerprint density at radius 3 is 0.863 bits per heavy atom. The topological polar surface area (TPSA) is 36.1 Å². The molecule has 0 unspecified atom stereocenters. The lowest BCUT2D eigenvalue weighted by Gasteiger charge is -2.25. The quantitative estimate of drug-likeness (QED) is 0.166. The predicted octanol–water partition coefficient (Wildman–Crippen LogP) is -20.4. The third kappa shape index (κ3) is 6.58. The van der Waals surface area contributed by atoms with Gasteiger partial charge < -0.3 is 18.0 Å². The second-order valence-corrected chi connectivity index (χ2v) is 19.6. The summed E-state index contributed by atoms with van der Waals surface area (Å²) in [6.07, 6.45) is 0. The van der Waals surface area contributed by atoms with Crippen LogP contribution in [0.2, 0.25) is 0 Å². The fraction of sp³-hybridized carbons (Fsp3) is 0. The van der Waals surface area contributed by atoms with Crippen molar-refractivity contribution in [1.29, 1.82) is 0 Å². The van der Waals surface area contributed by atoms with Crippen molar-refractivity contribution in [3.8, 4) is 22.5 Å². The van der Waals surface area contributed by atoms with E-state index in [1.165, 1.54) is 9.13 Å². The lowest BCUT2D eigenvalue weighted by atomic mass is 9.61. The molecule has 0 atom stereocenters. The number of furan rings is 2. The molecule has 0 saturated carbocycles. The minimum absolute atomic E-state index is 0.00448. The second-order valence-electron chi connectivity index (χ2n) is 19.6. The average molecular weight is 939 g/mol. The highest BCUT2D eigenvalue weighted by Crippen LogP contribution is 2.45. The molecule has 12 rings (SSSR count). The Morgan fingerprint density at radius 2 is 0.400 bits per heavy atom. The van der Waals surface area contributed by atoms with Gasteiger partial charge in [-0.1, -0.05) is 87.4 Å². The first-order valence-electron chi connectivity index (χ1n) is 23.5. The molecule has 32 heteroatoms. The molecule has 80 heavy (non-hydrogen) atoms. The third-order valence-corrected chi connectivity index (χ3v) is 15.8. The summed E-state index contributed by atoms with van der Waals surface area (Å²) in [4.78, 5) is 0. The lowest BCUT2D eigenvalue weighted by Crippen LogP contribution is -2.56. The molecule has 0 aliphatic rings. The van der Waals surface area contributed by atoms with Crippen molar-refractivity contribution in [2.24, 2.45) is 0 Å². The second kappa shape index (κ2) is 18.1. The van der Waals surface area contributed by atoms with Crippen molar-refractivity contribution in [3.05, 3.63) is 0 Å². The van der Waals surface area contributed by atoms with E-state index in [0.29, 0.717) is 0 Å². The van der Waals surface area contributed by atoms with Gasteiger partial charge in [0.05, 0.1) is 11.1 Å². The Hall–Kier alpha value is -5.22. The summed E-state index contributed by atoms with van der Waals surface area (Å²) in [6, 6.07) is 0. The third-order valence-electron chi connectivity index (χ3n) is 15.8. The zero-order valence-corrected chi connectivity index (χ0v) is 41.9. The highest BCUT2D eigenvalue weighted by Gasteiger charge is 2.34. The molecule has 4 nitrogen and oxygen atoms in total. The van der Waals surface area contributed by atoms with E-state index in [-0.39, 0.29) is 263 Å². The van der Waals surface area contributed by atoms with Gasteiger partial charge in [0, 0.05) is 65.5 Å². The first-order chi connectivity index (χ1) is 37.5.